The standard InChI is InChI=1S/C9H12.2C8H11N.C7H10N2.2C7H11N.C7H10O.2C7H10S.C6H10N2/c1-8(2)9-6-4-3-5-7-9;1-7(2)8-4-3-5-9-6-8;1-7(2)8-5-3-4-6-9-8;1-6(2)7-8-4-3-5-9-7;1-6(2)7-3-4-8-5-7;1-6(2)7-4-3-5-8-7;2*1-6(2)7-3-4-8-5-7;1-6(2)7-4-3-5-8-7;1-6(2)8-5-3-4-7-8/h3-8H,1-2H3;2*3-7H,1-2H3;3-6H,1-2H3;2*3-6,8H,1-2H3;4*3-6H,1-2H3. The van der Waals surface area contributed by atoms with E-state index in [4.69, 9.17) is 4.42 Å². The summed E-state index contributed by atoms with van der Waals surface area (Å²) in [6, 6.07) is 39.5. The number of nitrogens with one attached hydrogen (secondary N) is 2. The van der Waals surface area contributed by atoms with Crippen molar-refractivity contribution in [1.82, 2.24) is 39.7 Å². The lowest BCUT2D eigenvalue weighted by Crippen LogP contribution is -1.99. The maximum atomic E-state index is 4.88. The molecule has 9 aromatic heterocycles. The van der Waals surface area contributed by atoms with Crippen LogP contribution in [0.2, 0.25) is 0 Å². The van der Waals surface area contributed by atoms with Crippen molar-refractivity contribution in [3.8, 4) is 0 Å². The molecule has 456 valence electrons. The van der Waals surface area contributed by atoms with Crippen LogP contribution in [0, 0.1) is 0 Å². The van der Waals surface area contributed by atoms with Gasteiger partial charge in [-0.1, -0.05) is 173 Å². The molecule has 1 aromatic carbocycles. The molecule has 0 aliphatic heterocycles. The Labute approximate surface area is 517 Å². The van der Waals surface area contributed by atoms with Crippen LogP contribution in [0.15, 0.2) is 210 Å². The van der Waals surface area contributed by atoms with E-state index in [1.807, 2.05) is 108 Å². The molecular weight excluding hydrogens is 1070 g/mol. The fourth-order valence-electron chi connectivity index (χ4n) is 6.69. The van der Waals surface area contributed by atoms with Crippen molar-refractivity contribution in [2.24, 2.45) is 0 Å². The van der Waals surface area contributed by atoms with Gasteiger partial charge in [-0.05, 0) is 172 Å². The second-order valence-corrected chi connectivity index (χ2v) is 24.7. The number of H-pyrrole nitrogens is 2. The van der Waals surface area contributed by atoms with Crippen molar-refractivity contribution in [2.75, 3.05) is 0 Å². The SMILES string of the molecule is CC(C)c1cc[nH]c1.CC(C)c1ccc[nH]1.CC(C)c1ccccc1.CC(C)c1ccccn1.CC(C)c1cccnc1.CC(C)c1cccs1.CC(C)c1ccoc1.CC(C)c1ccsc1.CC(C)c1ncccn1.CC(C)n1cccn1. The number of hydrogen-bond donors (Lipinski definition) is 2. The van der Waals surface area contributed by atoms with Gasteiger partial charge in [0.15, 0.2) is 0 Å². The summed E-state index contributed by atoms with van der Waals surface area (Å²) in [5.41, 5.74) is 9.29. The Bertz CT molecular complexity index is 2390. The summed E-state index contributed by atoms with van der Waals surface area (Å²) in [6.07, 6.45) is 22.2. The van der Waals surface area contributed by atoms with Crippen LogP contribution in [0.25, 0.3) is 0 Å². The Morgan fingerprint density at radius 3 is 1.36 bits per heavy atom. The normalized spacial score (nSPS) is 10.3. The van der Waals surface area contributed by atoms with Crippen LogP contribution < -0.4 is 0 Å². The zero-order chi connectivity index (χ0) is 62.7. The topological polar surface area (TPSA) is 114 Å². The molecule has 0 unspecified atom stereocenters. The summed E-state index contributed by atoms with van der Waals surface area (Å²) in [5.74, 6) is 6.43. The molecule has 11 heteroatoms. The highest BCUT2D eigenvalue weighted by molar-refractivity contribution is 7.10. The van der Waals surface area contributed by atoms with Crippen LogP contribution in [-0.2, 0) is 0 Å². The number of hydrogen-bond acceptors (Lipinski definition) is 8. The average Bonchev–Trinajstić information content (AvgIpc) is 4.35. The highest BCUT2D eigenvalue weighted by Crippen LogP contribution is 2.20. The van der Waals surface area contributed by atoms with Gasteiger partial charge in [0.2, 0.25) is 0 Å². The van der Waals surface area contributed by atoms with E-state index in [1.54, 1.807) is 48.7 Å². The fraction of sp³-hybridized carbons (Fsp3) is 0.411. The molecule has 10 rings (SSSR count). The van der Waals surface area contributed by atoms with Crippen LogP contribution in [0.5, 0.6) is 0 Å². The summed E-state index contributed by atoms with van der Waals surface area (Å²) < 4.78 is 6.79. The van der Waals surface area contributed by atoms with E-state index in [0.29, 0.717) is 59.3 Å². The third-order valence-electron chi connectivity index (χ3n) is 12.3. The number of aromatic amines is 2. The quantitative estimate of drug-likeness (QED) is 0.141. The molecular formula is C73H106N8OS2. The van der Waals surface area contributed by atoms with E-state index in [9.17, 15) is 0 Å². The molecule has 0 aliphatic rings. The number of aromatic nitrogens is 8. The predicted octanol–water partition coefficient (Wildman–Crippen LogP) is 22.7. The molecule has 0 saturated carbocycles. The molecule has 0 aliphatic carbocycles. The van der Waals surface area contributed by atoms with Crippen LogP contribution in [-0.4, -0.2) is 39.7 Å². The van der Waals surface area contributed by atoms with Crippen molar-refractivity contribution in [2.45, 2.75) is 198 Å². The molecule has 2 N–H and O–H groups in total. The Morgan fingerprint density at radius 1 is 0.440 bits per heavy atom. The van der Waals surface area contributed by atoms with Gasteiger partial charge in [0, 0.05) is 90.2 Å². The molecule has 9 heterocycles. The summed E-state index contributed by atoms with van der Waals surface area (Å²) in [7, 11) is 0. The number of nitrogens with zero attached hydrogens (tertiary/aromatic N) is 6. The smallest absolute Gasteiger partial charge is 0.130 e. The van der Waals surface area contributed by atoms with Crippen LogP contribution in [0.4, 0.5) is 0 Å². The van der Waals surface area contributed by atoms with Crippen LogP contribution in [0.3, 0.4) is 0 Å². The van der Waals surface area contributed by atoms with Gasteiger partial charge < -0.3 is 14.4 Å². The van der Waals surface area contributed by atoms with E-state index in [2.05, 4.69) is 250 Å². The third kappa shape index (κ3) is 35.9. The lowest BCUT2D eigenvalue weighted by atomic mass is 10.0. The Morgan fingerprint density at radius 2 is 1.07 bits per heavy atom. The van der Waals surface area contributed by atoms with Gasteiger partial charge in [-0.3, -0.25) is 14.6 Å². The first-order valence-electron chi connectivity index (χ1n) is 30.0. The zero-order valence-corrected chi connectivity index (χ0v) is 56.4. The average molecular weight is 1180 g/mol. The summed E-state index contributed by atoms with van der Waals surface area (Å²) in [5, 5.41) is 10.5. The molecule has 0 saturated heterocycles. The predicted molar refractivity (Wildman–Crippen MR) is 365 cm³/mol. The summed E-state index contributed by atoms with van der Waals surface area (Å²) in [4.78, 5) is 23.9. The van der Waals surface area contributed by atoms with E-state index in [0.717, 1.165) is 11.5 Å². The monoisotopic (exact) mass is 1170 g/mol. The molecule has 0 radical (unpaired) electrons. The van der Waals surface area contributed by atoms with E-state index < -0.39 is 0 Å². The van der Waals surface area contributed by atoms with Gasteiger partial charge in [0.1, 0.15) is 5.82 Å². The van der Waals surface area contributed by atoms with Gasteiger partial charge in [0.25, 0.3) is 0 Å². The molecule has 0 atom stereocenters. The highest BCUT2D eigenvalue weighted by atomic mass is 32.1. The van der Waals surface area contributed by atoms with Gasteiger partial charge >= 0.3 is 0 Å². The first-order chi connectivity index (χ1) is 40.0. The largest absolute Gasteiger partial charge is 0.472 e. The minimum absolute atomic E-state index is 0.436. The maximum absolute atomic E-state index is 4.88. The number of rotatable bonds is 10. The molecule has 0 spiro atoms. The van der Waals surface area contributed by atoms with Crippen LogP contribution >= 0.6 is 22.7 Å². The molecule has 10 aromatic rings. The van der Waals surface area contributed by atoms with Gasteiger partial charge in [-0.2, -0.15) is 16.4 Å². The van der Waals surface area contributed by atoms with Gasteiger partial charge in [-0.15, -0.1) is 11.3 Å². The molecule has 9 nitrogen and oxygen atoms in total. The molecule has 84 heavy (non-hydrogen) atoms. The minimum Gasteiger partial charge on any atom is -0.472 e. The number of thiophene rings is 2. The zero-order valence-electron chi connectivity index (χ0n) is 54.8. The Kier molecular flexibility index (Phi) is 40.6. The van der Waals surface area contributed by atoms with Crippen LogP contribution in [0.1, 0.15) is 248 Å². The van der Waals surface area contributed by atoms with E-state index in [-0.39, 0.29) is 0 Å². The number of furan rings is 1. The number of benzene rings is 1. The van der Waals surface area contributed by atoms with Crippen molar-refractivity contribution in [3.05, 3.63) is 256 Å². The lowest BCUT2D eigenvalue weighted by molar-refractivity contribution is 0.532. The second-order valence-electron chi connectivity index (χ2n) is 22.9. The maximum Gasteiger partial charge on any atom is 0.130 e. The van der Waals surface area contributed by atoms with Crippen molar-refractivity contribution < 1.29 is 4.42 Å². The Balaban J connectivity index is 0.000000467. The van der Waals surface area contributed by atoms with Crippen molar-refractivity contribution >= 4 is 22.7 Å². The minimum atomic E-state index is 0.436. The first kappa shape index (κ1) is 75.1. The molecule has 0 amide bonds. The lowest BCUT2D eigenvalue weighted by Gasteiger charge is -2.01. The van der Waals surface area contributed by atoms with Crippen molar-refractivity contribution in [3.63, 3.8) is 0 Å². The summed E-state index contributed by atoms with van der Waals surface area (Å²) >= 11 is 3.60. The summed E-state index contributed by atoms with van der Waals surface area (Å²) in [6.45, 7) is 43.2. The molecule has 0 bridgehead atoms. The van der Waals surface area contributed by atoms with E-state index in [1.165, 1.54) is 38.4 Å². The fourth-order valence-corrected chi connectivity index (χ4v) is 8.26. The van der Waals surface area contributed by atoms with Gasteiger partial charge in [-0.25, -0.2) is 9.97 Å². The Hall–Kier alpha value is -6.95. The molecule has 0 fully saturated rings. The second kappa shape index (κ2) is 45.5. The first-order valence-corrected chi connectivity index (χ1v) is 31.8. The number of pyridine rings is 2. The van der Waals surface area contributed by atoms with Gasteiger partial charge in [0.05, 0.1) is 12.5 Å². The highest BCUT2D eigenvalue weighted by Gasteiger charge is 2.01. The van der Waals surface area contributed by atoms with E-state index >= 15 is 0 Å². The van der Waals surface area contributed by atoms with Crippen molar-refractivity contribution in [1.29, 1.82) is 0 Å². The third-order valence-corrected chi connectivity index (χ3v) is 14.2.